The summed E-state index contributed by atoms with van der Waals surface area (Å²) in [6, 6.07) is 5.70. The van der Waals surface area contributed by atoms with E-state index in [1.54, 1.807) is 20.8 Å². The molecule has 0 spiro atoms. The number of carbonyl (C=O) groups excluding carboxylic acids is 3. The highest BCUT2D eigenvalue weighted by atomic mass is 32.2. The maximum atomic E-state index is 12.9. The molecule has 2 N–H and O–H groups in total. The maximum absolute atomic E-state index is 12.9. The molecule has 8 nitrogen and oxygen atoms in total. The molecule has 1 aromatic carbocycles. The third-order valence-electron chi connectivity index (χ3n) is 5.43. The van der Waals surface area contributed by atoms with Crippen LogP contribution in [0.5, 0.6) is 0 Å². The lowest BCUT2D eigenvalue weighted by Crippen LogP contribution is -2.32. The third kappa shape index (κ3) is 5.62. The van der Waals surface area contributed by atoms with E-state index < -0.39 is 33.0 Å². The van der Waals surface area contributed by atoms with Crippen LogP contribution in [-0.2, 0) is 27.4 Å². The number of sulfone groups is 1. The number of hydrogen-bond acceptors (Lipinski definition) is 7. The number of anilines is 1. The number of nitrogens with one attached hydrogen (secondary N) is 2. The Bertz CT molecular complexity index is 1150. The molecule has 10 heteroatoms. The van der Waals surface area contributed by atoms with Gasteiger partial charge in [0.1, 0.15) is 5.00 Å². The minimum Gasteiger partial charge on any atom is -0.450 e. The zero-order valence-corrected chi connectivity index (χ0v) is 20.5. The highest BCUT2D eigenvalue weighted by Gasteiger charge is 2.27. The summed E-state index contributed by atoms with van der Waals surface area (Å²) in [6.45, 7) is 4.97. The fraction of sp³-hybridized carbons (Fsp3) is 0.435. The molecule has 0 saturated carbocycles. The minimum atomic E-state index is -3.44. The van der Waals surface area contributed by atoms with Crippen molar-refractivity contribution in [3.8, 4) is 0 Å². The molecular formula is C23H28N2O6S2. The smallest absolute Gasteiger partial charge is 0.414 e. The standard InChI is InChI=1S/C23H28N2O6S2/c1-4-31-23(28)25-21(27)19-17-8-6-5-7-9-18(17)32-22(19)24-20(26)15-10-12-16(13-11-15)33(29,30)14(2)3/h10-14H,4-9H2,1-3H3,(H,24,26)(H,25,27,28). The molecule has 0 atom stereocenters. The number of alkyl carbamates (subject to hydrolysis) is 1. The zero-order valence-electron chi connectivity index (χ0n) is 18.9. The second kappa shape index (κ2) is 10.5. The second-order valence-corrected chi connectivity index (χ2v) is 11.6. The largest absolute Gasteiger partial charge is 0.450 e. The van der Waals surface area contributed by atoms with Crippen molar-refractivity contribution in [2.24, 2.45) is 0 Å². The second-order valence-electron chi connectivity index (χ2n) is 8.02. The molecule has 0 radical (unpaired) electrons. The first-order valence-electron chi connectivity index (χ1n) is 10.9. The van der Waals surface area contributed by atoms with Crippen LogP contribution in [0.3, 0.4) is 0 Å². The van der Waals surface area contributed by atoms with Crippen molar-refractivity contribution in [3.05, 3.63) is 45.8 Å². The van der Waals surface area contributed by atoms with Gasteiger partial charge in [-0.3, -0.25) is 14.9 Å². The zero-order chi connectivity index (χ0) is 24.2. The highest BCUT2D eigenvalue weighted by Crippen LogP contribution is 2.37. The van der Waals surface area contributed by atoms with Gasteiger partial charge in [-0.1, -0.05) is 6.42 Å². The molecule has 0 fully saturated rings. The molecule has 1 aliphatic carbocycles. The molecule has 0 bridgehead atoms. The van der Waals surface area contributed by atoms with Gasteiger partial charge < -0.3 is 10.1 Å². The number of imide groups is 1. The van der Waals surface area contributed by atoms with Crippen molar-refractivity contribution in [2.75, 3.05) is 11.9 Å². The number of rotatable bonds is 6. The van der Waals surface area contributed by atoms with Gasteiger partial charge in [-0.2, -0.15) is 0 Å². The van der Waals surface area contributed by atoms with Crippen molar-refractivity contribution in [1.82, 2.24) is 5.32 Å². The van der Waals surface area contributed by atoms with Gasteiger partial charge in [0, 0.05) is 10.4 Å². The Labute approximate surface area is 197 Å². The van der Waals surface area contributed by atoms with E-state index in [1.807, 2.05) is 0 Å². The van der Waals surface area contributed by atoms with E-state index in [1.165, 1.54) is 35.6 Å². The lowest BCUT2D eigenvalue weighted by atomic mass is 10.0. The molecule has 33 heavy (non-hydrogen) atoms. The van der Waals surface area contributed by atoms with Gasteiger partial charge in [0.2, 0.25) is 0 Å². The molecule has 3 amide bonds. The molecule has 178 valence electrons. The molecule has 0 aliphatic heterocycles. The van der Waals surface area contributed by atoms with Crippen LogP contribution in [0.4, 0.5) is 9.80 Å². The van der Waals surface area contributed by atoms with Crippen molar-refractivity contribution < 1.29 is 27.5 Å². The van der Waals surface area contributed by atoms with Crippen molar-refractivity contribution >= 4 is 44.1 Å². The van der Waals surface area contributed by atoms with Crippen LogP contribution in [0.2, 0.25) is 0 Å². The Balaban J connectivity index is 1.89. The van der Waals surface area contributed by atoms with E-state index in [2.05, 4.69) is 10.6 Å². The van der Waals surface area contributed by atoms with Crippen LogP contribution in [-0.4, -0.2) is 38.2 Å². The Morgan fingerprint density at radius 1 is 1.03 bits per heavy atom. The number of aryl methyl sites for hydroxylation is 1. The summed E-state index contributed by atoms with van der Waals surface area (Å²) >= 11 is 1.34. The van der Waals surface area contributed by atoms with E-state index in [9.17, 15) is 22.8 Å². The number of ether oxygens (including phenoxy) is 1. The first kappa shape index (κ1) is 24.9. The van der Waals surface area contributed by atoms with Gasteiger partial charge in [-0.15, -0.1) is 11.3 Å². The molecule has 0 saturated heterocycles. The lowest BCUT2D eigenvalue weighted by molar-refractivity contribution is 0.0925. The Hall–Kier alpha value is -2.72. The summed E-state index contributed by atoms with van der Waals surface area (Å²) in [5, 5.41) is 4.82. The van der Waals surface area contributed by atoms with Crippen molar-refractivity contribution in [3.63, 3.8) is 0 Å². The number of fused-ring (bicyclic) bond motifs is 1. The van der Waals surface area contributed by atoms with Crippen LogP contribution in [0.1, 0.15) is 71.2 Å². The van der Waals surface area contributed by atoms with E-state index in [0.717, 1.165) is 36.1 Å². The van der Waals surface area contributed by atoms with E-state index in [-0.39, 0.29) is 22.6 Å². The third-order valence-corrected chi connectivity index (χ3v) is 8.81. The Morgan fingerprint density at radius 2 is 1.70 bits per heavy atom. The monoisotopic (exact) mass is 492 g/mol. The van der Waals surface area contributed by atoms with Crippen LogP contribution < -0.4 is 10.6 Å². The number of benzene rings is 1. The summed E-state index contributed by atoms with van der Waals surface area (Å²) < 4.78 is 29.5. The maximum Gasteiger partial charge on any atom is 0.414 e. The normalized spacial score (nSPS) is 13.7. The van der Waals surface area contributed by atoms with Crippen LogP contribution >= 0.6 is 11.3 Å². The first-order chi connectivity index (χ1) is 15.6. The van der Waals surface area contributed by atoms with Gasteiger partial charge in [-0.05, 0) is 76.3 Å². The molecular weight excluding hydrogens is 464 g/mol. The number of hydrogen-bond donors (Lipinski definition) is 2. The van der Waals surface area contributed by atoms with Crippen LogP contribution in [0, 0.1) is 0 Å². The SMILES string of the molecule is CCOC(=O)NC(=O)c1c(NC(=O)c2ccc(S(=O)(=O)C(C)C)cc2)sc2c1CCCCC2. The summed E-state index contributed by atoms with van der Waals surface area (Å²) in [6.07, 6.45) is 3.61. The number of carbonyl (C=O) groups is 3. The van der Waals surface area contributed by atoms with Gasteiger partial charge >= 0.3 is 6.09 Å². The van der Waals surface area contributed by atoms with Gasteiger partial charge in [0.25, 0.3) is 11.8 Å². The molecule has 0 unspecified atom stereocenters. The fourth-order valence-corrected chi connectivity index (χ4v) is 5.98. The van der Waals surface area contributed by atoms with Gasteiger partial charge in [0.05, 0.1) is 22.3 Å². The molecule has 3 rings (SSSR count). The summed E-state index contributed by atoms with van der Waals surface area (Å²) in [4.78, 5) is 38.8. The predicted octanol–water partition coefficient (Wildman–Crippen LogP) is 4.34. The van der Waals surface area contributed by atoms with E-state index in [4.69, 9.17) is 4.74 Å². The Morgan fingerprint density at radius 3 is 2.33 bits per heavy atom. The molecule has 2 aromatic rings. The predicted molar refractivity (Wildman–Crippen MR) is 127 cm³/mol. The molecule has 1 heterocycles. The number of amides is 3. The van der Waals surface area contributed by atoms with Gasteiger partial charge in [-0.25, -0.2) is 13.2 Å². The van der Waals surface area contributed by atoms with Crippen molar-refractivity contribution in [1.29, 1.82) is 0 Å². The molecule has 1 aliphatic rings. The van der Waals surface area contributed by atoms with E-state index in [0.29, 0.717) is 11.4 Å². The van der Waals surface area contributed by atoms with Gasteiger partial charge in [0.15, 0.2) is 9.84 Å². The summed E-state index contributed by atoms with van der Waals surface area (Å²) in [7, 11) is -3.44. The average Bonchev–Trinajstić information content (AvgIpc) is 2.94. The van der Waals surface area contributed by atoms with Crippen molar-refractivity contribution in [2.45, 2.75) is 63.0 Å². The van der Waals surface area contributed by atoms with Crippen LogP contribution in [0.15, 0.2) is 29.2 Å². The Kier molecular flexibility index (Phi) is 7.91. The topological polar surface area (TPSA) is 119 Å². The molecule has 1 aromatic heterocycles. The minimum absolute atomic E-state index is 0.132. The summed E-state index contributed by atoms with van der Waals surface area (Å²) in [5.41, 5.74) is 1.41. The number of thiophene rings is 1. The van der Waals surface area contributed by atoms with Crippen LogP contribution in [0.25, 0.3) is 0 Å². The van der Waals surface area contributed by atoms with E-state index >= 15 is 0 Å². The fourth-order valence-electron chi connectivity index (χ4n) is 3.64. The quantitative estimate of drug-likeness (QED) is 0.579. The first-order valence-corrected chi connectivity index (χ1v) is 13.3. The highest BCUT2D eigenvalue weighted by molar-refractivity contribution is 7.92. The average molecular weight is 493 g/mol. The lowest BCUT2D eigenvalue weighted by Gasteiger charge is -2.10. The summed E-state index contributed by atoms with van der Waals surface area (Å²) in [5.74, 6) is -1.08.